The lowest BCUT2D eigenvalue weighted by Gasteiger charge is -2.10. The predicted molar refractivity (Wildman–Crippen MR) is 79.6 cm³/mol. The van der Waals surface area contributed by atoms with Gasteiger partial charge in [0.1, 0.15) is 5.65 Å². The number of hydrogen-bond acceptors (Lipinski definition) is 2. The summed E-state index contributed by atoms with van der Waals surface area (Å²) in [7, 11) is 0. The van der Waals surface area contributed by atoms with Crippen LogP contribution in [0.1, 0.15) is 11.1 Å². The van der Waals surface area contributed by atoms with Crippen molar-refractivity contribution in [1.29, 1.82) is 0 Å². The number of hydrogen-bond donors (Lipinski definition) is 2. The largest absolute Gasteiger partial charge is 0.381 e. The SMILES string of the molecule is Cc1c(Cl)cccc1NCc1c[nH]c2ncccc12. The maximum atomic E-state index is 6.11. The molecule has 0 amide bonds. The summed E-state index contributed by atoms with van der Waals surface area (Å²) in [5, 5.41) is 5.35. The second-order valence-electron chi connectivity index (χ2n) is 4.48. The molecule has 4 heteroatoms. The average molecular weight is 272 g/mol. The van der Waals surface area contributed by atoms with Gasteiger partial charge in [0.25, 0.3) is 0 Å². The lowest BCUT2D eigenvalue weighted by molar-refractivity contribution is 1.15. The highest BCUT2D eigenvalue weighted by Crippen LogP contribution is 2.24. The van der Waals surface area contributed by atoms with Gasteiger partial charge in [-0.05, 0) is 42.3 Å². The molecule has 0 bridgehead atoms. The molecule has 0 aliphatic carbocycles. The molecule has 3 rings (SSSR count). The fraction of sp³-hybridized carbons (Fsp3) is 0.133. The molecule has 96 valence electrons. The highest BCUT2D eigenvalue weighted by molar-refractivity contribution is 6.31. The number of halogens is 1. The molecule has 0 radical (unpaired) electrons. The van der Waals surface area contributed by atoms with Crippen LogP contribution in [0.2, 0.25) is 5.02 Å². The topological polar surface area (TPSA) is 40.7 Å². The normalized spacial score (nSPS) is 10.8. The molecule has 0 saturated heterocycles. The van der Waals surface area contributed by atoms with E-state index < -0.39 is 0 Å². The zero-order valence-electron chi connectivity index (χ0n) is 10.6. The van der Waals surface area contributed by atoms with Gasteiger partial charge >= 0.3 is 0 Å². The molecule has 0 atom stereocenters. The van der Waals surface area contributed by atoms with Gasteiger partial charge in [-0.1, -0.05) is 17.7 Å². The minimum absolute atomic E-state index is 0.743. The molecule has 0 fully saturated rings. The minimum atomic E-state index is 0.743. The van der Waals surface area contributed by atoms with Crippen LogP contribution in [0, 0.1) is 6.92 Å². The molecule has 2 aromatic heterocycles. The van der Waals surface area contributed by atoms with Crippen molar-refractivity contribution in [3.05, 3.63) is 58.9 Å². The third kappa shape index (κ3) is 2.29. The minimum Gasteiger partial charge on any atom is -0.381 e. The van der Waals surface area contributed by atoms with E-state index in [4.69, 9.17) is 11.6 Å². The number of H-pyrrole nitrogens is 1. The van der Waals surface area contributed by atoms with Gasteiger partial charge in [0.05, 0.1) is 0 Å². The number of rotatable bonds is 3. The fourth-order valence-electron chi connectivity index (χ4n) is 2.15. The number of aromatic nitrogens is 2. The molecular formula is C15H14ClN3. The number of aromatic amines is 1. The van der Waals surface area contributed by atoms with E-state index in [0.717, 1.165) is 33.9 Å². The highest BCUT2D eigenvalue weighted by atomic mass is 35.5. The smallest absolute Gasteiger partial charge is 0.137 e. The van der Waals surface area contributed by atoms with Crippen molar-refractivity contribution < 1.29 is 0 Å². The van der Waals surface area contributed by atoms with E-state index in [-0.39, 0.29) is 0 Å². The van der Waals surface area contributed by atoms with Crippen molar-refractivity contribution in [3.63, 3.8) is 0 Å². The fourth-order valence-corrected chi connectivity index (χ4v) is 2.32. The monoisotopic (exact) mass is 271 g/mol. The molecule has 0 unspecified atom stereocenters. The molecule has 0 spiro atoms. The van der Waals surface area contributed by atoms with Crippen LogP contribution in [0.3, 0.4) is 0 Å². The summed E-state index contributed by atoms with van der Waals surface area (Å²) in [6.45, 7) is 2.76. The summed E-state index contributed by atoms with van der Waals surface area (Å²) in [4.78, 5) is 7.46. The van der Waals surface area contributed by atoms with Crippen molar-refractivity contribution in [2.24, 2.45) is 0 Å². The summed E-state index contributed by atoms with van der Waals surface area (Å²) < 4.78 is 0. The van der Waals surface area contributed by atoms with E-state index in [1.165, 1.54) is 5.56 Å². The Bertz CT molecular complexity index is 718. The second-order valence-corrected chi connectivity index (χ2v) is 4.89. The van der Waals surface area contributed by atoms with Crippen LogP contribution in [-0.2, 0) is 6.54 Å². The van der Waals surface area contributed by atoms with E-state index in [1.807, 2.05) is 37.4 Å². The van der Waals surface area contributed by atoms with Crippen LogP contribution in [-0.4, -0.2) is 9.97 Å². The van der Waals surface area contributed by atoms with Crippen LogP contribution < -0.4 is 5.32 Å². The molecule has 0 saturated carbocycles. The molecule has 0 aliphatic rings. The van der Waals surface area contributed by atoms with Gasteiger partial charge in [0.15, 0.2) is 0 Å². The lowest BCUT2D eigenvalue weighted by Crippen LogP contribution is -2.00. The van der Waals surface area contributed by atoms with E-state index in [9.17, 15) is 0 Å². The number of fused-ring (bicyclic) bond motifs is 1. The second kappa shape index (κ2) is 4.94. The van der Waals surface area contributed by atoms with E-state index >= 15 is 0 Å². The van der Waals surface area contributed by atoms with Gasteiger partial charge in [0.2, 0.25) is 0 Å². The quantitative estimate of drug-likeness (QED) is 0.752. The van der Waals surface area contributed by atoms with Gasteiger partial charge in [-0.25, -0.2) is 4.98 Å². The van der Waals surface area contributed by atoms with Crippen LogP contribution in [0.5, 0.6) is 0 Å². The van der Waals surface area contributed by atoms with Crippen LogP contribution in [0.4, 0.5) is 5.69 Å². The number of nitrogens with zero attached hydrogens (tertiary/aromatic N) is 1. The summed E-state index contributed by atoms with van der Waals surface area (Å²) in [6.07, 6.45) is 3.78. The Morgan fingerprint density at radius 2 is 2.16 bits per heavy atom. The van der Waals surface area contributed by atoms with E-state index in [1.54, 1.807) is 6.20 Å². The Morgan fingerprint density at radius 3 is 3.05 bits per heavy atom. The Morgan fingerprint density at radius 1 is 1.26 bits per heavy atom. The van der Waals surface area contributed by atoms with Crippen LogP contribution in [0.15, 0.2) is 42.7 Å². The van der Waals surface area contributed by atoms with Crippen molar-refractivity contribution in [3.8, 4) is 0 Å². The molecule has 2 N–H and O–H groups in total. The first-order valence-electron chi connectivity index (χ1n) is 6.15. The number of anilines is 1. The third-order valence-corrected chi connectivity index (χ3v) is 3.68. The standard InChI is InChI=1S/C15H14ClN3/c1-10-13(16)5-2-6-14(10)18-8-11-9-19-15-12(11)4-3-7-17-15/h2-7,9,18H,8H2,1H3,(H,17,19). The van der Waals surface area contributed by atoms with Crippen molar-refractivity contribution >= 4 is 28.3 Å². The molecular weight excluding hydrogens is 258 g/mol. The summed E-state index contributed by atoms with van der Waals surface area (Å²) in [6, 6.07) is 9.91. The van der Waals surface area contributed by atoms with Gasteiger partial charge in [-0.15, -0.1) is 0 Å². The third-order valence-electron chi connectivity index (χ3n) is 3.27. The summed E-state index contributed by atoms with van der Waals surface area (Å²) in [5.74, 6) is 0. The highest BCUT2D eigenvalue weighted by Gasteiger charge is 2.05. The molecule has 3 aromatic rings. The zero-order chi connectivity index (χ0) is 13.2. The molecule has 19 heavy (non-hydrogen) atoms. The number of pyridine rings is 1. The maximum absolute atomic E-state index is 6.11. The summed E-state index contributed by atoms with van der Waals surface area (Å²) >= 11 is 6.11. The Hall–Kier alpha value is -2.00. The first-order chi connectivity index (χ1) is 9.25. The number of benzene rings is 1. The maximum Gasteiger partial charge on any atom is 0.137 e. The van der Waals surface area contributed by atoms with Crippen LogP contribution in [0.25, 0.3) is 11.0 Å². The first-order valence-corrected chi connectivity index (χ1v) is 6.53. The van der Waals surface area contributed by atoms with Crippen molar-refractivity contribution in [2.75, 3.05) is 5.32 Å². The van der Waals surface area contributed by atoms with E-state index in [2.05, 4.69) is 21.4 Å². The molecule has 1 aromatic carbocycles. The predicted octanol–water partition coefficient (Wildman–Crippen LogP) is 4.14. The average Bonchev–Trinajstić information content (AvgIpc) is 2.84. The van der Waals surface area contributed by atoms with Crippen molar-refractivity contribution in [2.45, 2.75) is 13.5 Å². The molecule has 0 aliphatic heterocycles. The zero-order valence-corrected chi connectivity index (χ0v) is 11.3. The summed E-state index contributed by atoms with van der Waals surface area (Å²) in [5.41, 5.74) is 4.25. The van der Waals surface area contributed by atoms with Crippen molar-refractivity contribution in [1.82, 2.24) is 9.97 Å². The number of nitrogens with one attached hydrogen (secondary N) is 2. The first kappa shape index (κ1) is 12.1. The Balaban J connectivity index is 1.84. The van der Waals surface area contributed by atoms with Gasteiger partial charge in [-0.2, -0.15) is 0 Å². The van der Waals surface area contributed by atoms with Gasteiger partial charge in [0, 0.05) is 35.0 Å². The molecule has 3 nitrogen and oxygen atoms in total. The van der Waals surface area contributed by atoms with Gasteiger partial charge in [-0.3, -0.25) is 0 Å². The van der Waals surface area contributed by atoms with Gasteiger partial charge < -0.3 is 10.3 Å². The van der Waals surface area contributed by atoms with Crippen LogP contribution >= 0.6 is 11.6 Å². The lowest BCUT2D eigenvalue weighted by atomic mass is 10.2. The molecule has 2 heterocycles. The Kier molecular flexibility index (Phi) is 3.13. The Labute approximate surface area is 116 Å². The van der Waals surface area contributed by atoms with E-state index in [0.29, 0.717) is 0 Å².